The van der Waals surface area contributed by atoms with Crippen LogP contribution in [0.25, 0.3) is 0 Å². The predicted octanol–water partition coefficient (Wildman–Crippen LogP) is 4.49. The summed E-state index contributed by atoms with van der Waals surface area (Å²) >= 11 is 0. The first kappa shape index (κ1) is 20.4. The summed E-state index contributed by atoms with van der Waals surface area (Å²) in [5, 5.41) is 2.71. The van der Waals surface area contributed by atoms with Crippen molar-refractivity contribution in [2.75, 3.05) is 0 Å². The SMILES string of the molecule is CC(C)(C)OC(=O)N[C@H](Cc1ccccc1)C(=O)/C=C/Cc1ccccc1. The molecule has 4 nitrogen and oxygen atoms in total. The lowest BCUT2D eigenvalue weighted by molar-refractivity contribution is -0.116. The second kappa shape index (κ2) is 9.72. The predicted molar refractivity (Wildman–Crippen MR) is 108 cm³/mol. The Hall–Kier alpha value is -2.88. The van der Waals surface area contributed by atoms with E-state index >= 15 is 0 Å². The summed E-state index contributed by atoms with van der Waals surface area (Å²) in [7, 11) is 0. The fraction of sp³-hybridized carbons (Fsp3) is 0.304. The Balaban J connectivity index is 2.05. The molecule has 0 aromatic heterocycles. The number of amides is 1. The smallest absolute Gasteiger partial charge is 0.408 e. The van der Waals surface area contributed by atoms with Crippen LogP contribution in [0.4, 0.5) is 4.79 Å². The third-order valence-electron chi connectivity index (χ3n) is 3.80. The minimum absolute atomic E-state index is 0.152. The molecule has 1 amide bonds. The average Bonchev–Trinajstić information content (AvgIpc) is 2.61. The Morgan fingerprint density at radius 1 is 0.963 bits per heavy atom. The molecule has 27 heavy (non-hydrogen) atoms. The lowest BCUT2D eigenvalue weighted by Gasteiger charge is -2.22. The fourth-order valence-electron chi connectivity index (χ4n) is 2.56. The number of hydrogen-bond acceptors (Lipinski definition) is 3. The second-order valence-corrected chi connectivity index (χ2v) is 7.38. The summed E-state index contributed by atoms with van der Waals surface area (Å²) in [6.45, 7) is 5.38. The van der Waals surface area contributed by atoms with E-state index in [1.165, 1.54) is 6.08 Å². The minimum Gasteiger partial charge on any atom is -0.444 e. The van der Waals surface area contributed by atoms with Gasteiger partial charge in [0.1, 0.15) is 5.60 Å². The van der Waals surface area contributed by atoms with Gasteiger partial charge in [-0.2, -0.15) is 0 Å². The van der Waals surface area contributed by atoms with Gasteiger partial charge in [0.2, 0.25) is 0 Å². The first-order chi connectivity index (χ1) is 12.8. The summed E-state index contributed by atoms with van der Waals surface area (Å²) < 4.78 is 5.30. The first-order valence-corrected chi connectivity index (χ1v) is 9.11. The van der Waals surface area contributed by atoms with Crippen LogP contribution in [0.5, 0.6) is 0 Å². The molecule has 0 heterocycles. The normalized spacial score (nSPS) is 12.6. The summed E-state index contributed by atoms with van der Waals surface area (Å²) in [5.41, 5.74) is 1.48. The number of ether oxygens (including phenoxy) is 1. The average molecular weight is 365 g/mol. The van der Waals surface area contributed by atoms with Crippen LogP contribution in [-0.2, 0) is 22.4 Å². The van der Waals surface area contributed by atoms with Gasteiger partial charge >= 0.3 is 6.09 Å². The van der Waals surface area contributed by atoms with E-state index in [0.29, 0.717) is 12.8 Å². The molecule has 0 bridgehead atoms. The Bertz CT molecular complexity index is 761. The molecule has 0 radical (unpaired) electrons. The van der Waals surface area contributed by atoms with Crippen LogP contribution in [0.1, 0.15) is 31.9 Å². The van der Waals surface area contributed by atoms with E-state index < -0.39 is 17.7 Å². The number of nitrogens with one attached hydrogen (secondary N) is 1. The summed E-state index contributed by atoms with van der Waals surface area (Å²) in [5.74, 6) is -0.152. The van der Waals surface area contributed by atoms with Crippen molar-refractivity contribution in [3.8, 4) is 0 Å². The van der Waals surface area contributed by atoms with Crippen molar-refractivity contribution >= 4 is 11.9 Å². The van der Waals surface area contributed by atoms with Crippen LogP contribution in [0, 0.1) is 0 Å². The third kappa shape index (κ3) is 7.90. The molecule has 0 unspecified atom stereocenters. The van der Waals surface area contributed by atoms with Gasteiger partial charge in [-0.1, -0.05) is 66.7 Å². The van der Waals surface area contributed by atoms with Crippen LogP contribution < -0.4 is 5.32 Å². The lowest BCUT2D eigenvalue weighted by atomic mass is 10.0. The molecule has 1 N–H and O–H groups in total. The molecule has 0 aliphatic heterocycles. The highest BCUT2D eigenvalue weighted by Crippen LogP contribution is 2.10. The zero-order valence-electron chi connectivity index (χ0n) is 16.1. The van der Waals surface area contributed by atoms with Gasteiger partial charge in [-0.25, -0.2) is 4.79 Å². The molecule has 4 heteroatoms. The van der Waals surface area contributed by atoms with Crippen molar-refractivity contribution in [2.45, 2.75) is 45.3 Å². The number of benzene rings is 2. The van der Waals surface area contributed by atoms with Crippen LogP contribution in [0.15, 0.2) is 72.8 Å². The van der Waals surface area contributed by atoms with Gasteiger partial charge in [0, 0.05) is 6.42 Å². The highest BCUT2D eigenvalue weighted by molar-refractivity contribution is 5.96. The Morgan fingerprint density at radius 3 is 2.07 bits per heavy atom. The first-order valence-electron chi connectivity index (χ1n) is 9.11. The third-order valence-corrected chi connectivity index (χ3v) is 3.80. The van der Waals surface area contributed by atoms with E-state index in [9.17, 15) is 9.59 Å². The molecule has 142 valence electrons. The van der Waals surface area contributed by atoms with Crippen molar-refractivity contribution in [1.82, 2.24) is 5.32 Å². The van der Waals surface area contributed by atoms with Gasteiger partial charge in [0.15, 0.2) is 5.78 Å². The van der Waals surface area contributed by atoms with Gasteiger partial charge in [-0.3, -0.25) is 4.79 Å². The topological polar surface area (TPSA) is 55.4 Å². The Morgan fingerprint density at radius 2 is 1.52 bits per heavy atom. The Labute approximate surface area is 161 Å². The van der Waals surface area contributed by atoms with Crippen molar-refractivity contribution in [2.24, 2.45) is 0 Å². The zero-order valence-corrected chi connectivity index (χ0v) is 16.1. The summed E-state index contributed by atoms with van der Waals surface area (Å²) in [4.78, 5) is 24.8. The van der Waals surface area contributed by atoms with Gasteiger partial charge in [-0.05, 0) is 44.4 Å². The monoisotopic (exact) mass is 365 g/mol. The van der Waals surface area contributed by atoms with Crippen LogP contribution in [-0.4, -0.2) is 23.5 Å². The summed E-state index contributed by atoms with van der Waals surface area (Å²) in [6, 6.07) is 18.8. The van der Waals surface area contributed by atoms with Crippen molar-refractivity contribution in [1.29, 1.82) is 0 Å². The van der Waals surface area contributed by atoms with Crippen molar-refractivity contribution in [3.63, 3.8) is 0 Å². The maximum absolute atomic E-state index is 12.7. The number of ketones is 1. The molecule has 1 atom stereocenters. The largest absolute Gasteiger partial charge is 0.444 e. The van der Waals surface area contributed by atoms with E-state index in [0.717, 1.165) is 11.1 Å². The molecule has 0 saturated heterocycles. The molecule has 2 rings (SSSR count). The molecular formula is C23H27NO3. The van der Waals surface area contributed by atoms with Gasteiger partial charge in [-0.15, -0.1) is 0 Å². The van der Waals surface area contributed by atoms with E-state index in [2.05, 4.69) is 5.32 Å². The van der Waals surface area contributed by atoms with Crippen molar-refractivity contribution < 1.29 is 14.3 Å². The highest BCUT2D eigenvalue weighted by atomic mass is 16.6. The molecule has 0 aliphatic rings. The summed E-state index contributed by atoms with van der Waals surface area (Å²) in [6.07, 6.45) is 3.85. The van der Waals surface area contributed by atoms with Crippen LogP contribution in [0.2, 0.25) is 0 Å². The number of carbonyl (C=O) groups is 2. The number of carbonyl (C=O) groups excluding carboxylic acids is 2. The molecule has 2 aromatic rings. The van der Waals surface area contributed by atoms with Gasteiger partial charge in [0.05, 0.1) is 6.04 Å². The van der Waals surface area contributed by atoms with Gasteiger partial charge < -0.3 is 10.1 Å². The maximum Gasteiger partial charge on any atom is 0.408 e. The van der Waals surface area contributed by atoms with Crippen molar-refractivity contribution in [3.05, 3.63) is 83.9 Å². The number of rotatable bonds is 7. The zero-order chi connectivity index (χ0) is 19.7. The van der Waals surface area contributed by atoms with E-state index in [4.69, 9.17) is 4.74 Å². The fourth-order valence-corrected chi connectivity index (χ4v) is 2.56. The number of allylic oxidation sites excluding steroid dienone is 1. The Kier molecular flexibility index (Phi) is 7.35. The second-order valence-electron chi connectivity index (χ2n) is 7.38. The van der Waals surface area contributed by atoms with Crippen LogP contribution >= 0.6 is 0 Å². The lowest BCUT2D eigenvalue weighted by Crippen LogP contribution is -2.44. The quantitative estimate of drug-likeness (QED) is 0.736. The number of alkyl carbamates (subject to hydrolysis) is 1. The van der Waals surface area contributed by atoms with Crippen LogP contribution in [0.3, 0.4) is 0 Å². The standard InChI is InChI=1S/C23H27NO3/c1-23(2,3)27-22(26)24-20(17-19-13-8-5-9-14-19)21(25)16-10-15-18-11-6-4-7-12-18/h4-14,16,20H,15,17H2,1-3H3,(H,24,26)/b16-10+/t20-/m1/s1. The maximum atomic E-state index is 12.7. The minimum atomic E-state index is -0.672. The van der Waals surface area contributed by atoms with E-state index in [-0.39, 0.29) is 5.78 Å². The molecular weight excluding hydrogens is 338 g/mol. The molecule has 0 spiro atoms. The van der Waals surface area contributed by atoms with Gasteiger partial charge in [0.25, 0.3) is 0 Å². The van der Waals surface area contributed by atoms with E-state index in [1.807, 2.05) is 66.7 Å². The highest BCUT2D eigenvalue weighted by Gasteiger charge is 2.23. The molecule has 2 aromatic carbocycles. The van der Waals surface area contributed by atoms with E-state index in [1.54, 1.807) is 20.8 Å². The molecule has 0 fully saturated rings. The number of hydrogen-bond donors (Lipinski definition) is 1. The molecule has 0 saturated carbocycles. The molecule has 0 aliphatic carbocycles.